The summed E-state index contributed by atoms with van der Waals surface area (Å²) in [6, 6.07) is 16.5. The Morgan fingerprint density at radius 3 is 2.67 bits per heavy atom. The number of para-hydroxylation sites is 2. The number of hydrogen-bond acceptors (Lipinski definition) is 4. The summed E-state index contributed by atoms with van der Waals surface area (Å²) in [5.41, 5.74) is 5.92. The maximum Gasteiger partial charge on any atom is 0.337 e. The van der Waals surface area contributed by atoms with Crippen LogP contribution in [0.2, 0.25) is 0 Å². The summed E-state index contributed by atoms with van der Waals surface area (Å²) in [4.78, 5) is 15.5. The average molecular weight is 362 g/mol. The molecule has 5 nitrogen and oxygen atoms in total. The fraction of sp³-hybridized carbons (Fsp3) is 0.227. The lowest BCUT2D eigenvalue weighted by atomic mass is 9.90. The van der Waals surface area contributed by atoms with Crippen molar-refractivity contribution in [2.45, 2.75) is 25.8 Å². The van der Waals surface area contributed by atoms with Crippen LogP contribution >= 0.6 is 0 Å². The number of aromatic nitrogens is 1. The van der Waals surface area contributed by atoms with Crippen molar-refractivity contribution in [2.24, 2.45) is 0 Å². The minimum Gasteiger partial charge on any atom is -0.512 e. The Labute approximate surface area is 157 Å². The molecule has 3 N–H and O–H groups in total. The van der Waals surface area contributed by atoms with Gasteiger partial charge in [-0.15, -0.1) is 0 Å². The smallest absolute Gasteiger partial charge is 0.337 e. The zero-order valence-electron chi connectivity index (χ0n) is 15.4. The van der Waals surface area contributed by atoms with E-state index in [0.29, 0.717) is 18.4 Å². The number of ether oxygens (including phenoxy) is 1. The van der Waals surface area contributed by atoms with Gasteiger partial charge in [-0.2, -0.15) is 0 Å². The van der Waals surface area contributed by atoms with E-state index in [4.69, 9.17) is 4.74 Å². The first-order chi connectivity index (χ1) is 13.1. The number of methoxy groups -OCH3 is 1. The second-order valence-corrected chi connectivity index (χ2v) is 6.80. The Bertz CT molecular complexity index is 1040. The molecular formula is C22H22N2O3. The van der Waals surface area contributed by atoms with Gasteiger partial charge in [-0.05, 0) is 31.9 Å². The van der Waals surface area contributed by atoms with E-state index >= 15 is 0 Å². The number of fused-ring (bicyclic) bond motifs is 5. The molecule has 2 heterocycles. The lowest BCUT2D eigenvalue weighted by Gasteiger charge is -2.28. The number of aliphatic hydroxyl groups is 1. The molecule has 1 aliphatic heterocycles. The van der Waals surface area contributed by atoms with Gasteiger partial charge in [0.1, 0.15) is 0 Å². The van der Waals surface area contributed by atoms with E-state index in [1.165, 1.54) is 25.0 Å². The van der Waals surface area contributed by atoms with Crippen LogP contribution in [0.5, 0.6) is 0 Å². The molecule has 5 heteroatoms. The summed E-state index contributed by atoms with van der Waals surface area (Å²) >= 11 is 0. The quantitative estimate of drug-likeness (QED) is 0.343. The predicted octanol–water partition coefficient (Wildman–Crippen LogP) is 5.09. The molecule has 1 aliphatic rings. The summed E-state index contributed by atoms with van der Waals surface area (Å²) in [5.74, 6) is -0.470. The molecule has 3 aromatic rings. The number of esters is 1. The van der Waals surface area contributed by atoms with E-state index in [0.717, 1.165) is 22.5 Å². The second-order valence-electron chi connectivity index (χ2n) is 6.80. The highest BCUT2D eigenvalue weighted by molar-refractivity contribution is 5.96. The van der Waals surface area contributed by atoms with E-state index in [1.807, 2.05) is 24.3 Å². The van der Waals surface area contributed by atoms with Gasteiger partial charge in [-0.3, -0.25) is 0 Å². The van der Waals surface area contributed by atoms with Crippen molar-refractivity contribution in [3.63, 3.8) is 0 Å². The summed E-state index contributed by atoms with van der Waals surface area (Å²) < 4.78 is 4.81. The molecule has 0 amide bonds. The van der Waals surface area contributed by atoms with Crippen LogP contribution in [0.25, 0.3) is 22.2 Å². The maximum atomic E-state index is 12.0. The van der Waals surface area contributed by atoms with E-state index in [9.17, 15) is 9.90 Å². The number of anilines is 1. The first kappa shape index (κ1) is 17.2. The van der Waals surface area contributed by atoms with Gasteiger partial charge in [0.15, 0.2) is 0 Å². The minimum absolute atomic E-state index is 0.0113. The van der Waals surface area contributed by atoms with Gasteiger partial charge >= 0.3 is 5.97 Å². The molecule has 0 saturated carbocycles. The highest BCUT2D eigenvalue weighted by Gasteiger charge is 2.28. The molecule has 27 heavy (non-hydrogen) atoms. The third kappa shape index (κ3) is 2.95. The van der Waals surface area contributed by atoms with Crippen LogP contribution in [0.1, 0.15) is 31.4 Å². The number of hydrogen-bond donors (Lipinski definition) is 3. The van der Waals surface area contributed by atoms with E-state index in [2.05, 4.69) is 34.6 Å². The van der Waals surface area contributed by atoms with Gasteiger partial charge < -0.3 is 20.1 Å². The zero-order chi connectivity index (χ0) is 19.0. The van der Waals surface area contributed by atoms with Crippen LogP contribution in [-0.2, 0) is 9.53 Å². The monoisotopic (exact) mass is 362 g/mol. The molecular weight excluding hydrogens is 340 g/mol. The first-order valence-electron chi connectivity index (χ1n) is 9.03. The lowest BCUT2D eigenvalue weighted by molar-refractivity contribution is -0.136. The number of rotatable bonds is 4. The summed E-state index contributed by atoms with van der Waals surface area (Å²) in [7, 11) is 1.33. The Hall–Kier alpha value is -3.21. The van der Waals surface area contributed by atoms with Crippen molar-refractivity contribution < 1.29 is 14.6 Å². The average Bonchev–Trinajstić information content (AvgIpc) is 3.07. The van der Waals surface area contributed by atoms with Gasteiger partial charge in [0.05, 0.1) is 30.2 Å². The third-order valence-corrected chi connectivity index (χ3v) is 5.17. The van der Waals surface area contributed by atoms with Crippen molar-refractivity contribution in [3.8, 4) is 11.3 Å². The predicted molar refractivity (Wildman–Crippen MR) is 107 cm³/mol. The van der Waals surface area contributed by atoms with Crippen LogP contribution < -0.4 is 5.32 Å². The van der Waals surface area contributed by atoms with Crippen molar-refractivity contribution in [1.29, 1.82) is 0 Å². The Kier molecular flexibility index (Phi) is 4.36. The molecule has 2 aromatic carbocycles. The minimum atomic E-state index is -0.481. The Morgan fingerprint density at radius 2 is 1.89 bits per heavy atom. The molecule has 1 aromatic heterocycles. The standard InChI is InChI=1S/C22H22N2O3/c1-13(25)14(22(26)27-2)11-12-19-20-15-7-3-5-9-17(15)24-21(20)16-8-4-6-10-18(16)23-19/h3-10,19,23-25H,11-12H2,1-2H3/b14-13+. The molecule has 0 aliphatic carbocycles. The van der Waals surface area contributed by atoms with Crippen LogP contribution in [0, 0.1) is 0 Å². The van der Waals surface area contributed by atoms with Crippen LogP contribution in [-0.4, -0.2) is 23.2 Å². The van der Waals surface area contributed by atoms with Crippen LogP contribution in [0.3, 0.4) is 0 Å². The third-order valence-electron chi connectivity index (χ3n) is 5.17. The van der Waals surface area contributed by atoms with Crippen molar-refractivity contribution in [2.75, 3.05) is 12.4 Å². The van der Waals surface area contributed by atoms with Crippen molar-refractivity contribution >= 4 is 22.6 Å². The van der Waals surface area contributed by atoms with Gasteiger partial charge in [0.25, 0.3) is 0 Å². The molecule has 0 radical (unpaired) electrons. The normalized spacial score (nSPS) is 16.1. The molecule has 0 fully saturated rings. The highest BCUT2D eigenvalue weighted by Crippen LogP contribution is 2.45. The number of allylic oxidation sites excluding steroid dienone is 1. The van der Waals surface area contributed by atoms with Crippen molar-refractivity contribution in [3.05, 3.63) is 65.4 Å². The largest absolute Gasteiger partial charge is 0.512 e. The highest BCUT2D eigenvalue weighted by atomic mass is 16.5. The van der Waals surface area contributed by atoms with Crippen LogP contribution in [0.4, 0.5) is 5.69 Å². The topological polar surface area (TPSA) is 74.3 Å². The molecule has 0 spiro atoms. The molecule has 0 bridgehead atoms. The molecule has 138 valence electrons. The SMILES string of the molecule is COC(=O)/C(CCC1Nc2ccccc2-c2[nH]c3ccccc3c21)=C(\C)O. The van der Waals surface area contributed by atoms with Crippen molar-refractivity contribution in [1.82, 2.24) is 4.98 Å². The lowest BCUT2D eigenvalue weighted by Crippen LogP contribution is -2.18. The molecule has 1 atom stereocenters. The Morgan fingerprint density at radius 1 is 1.15 bits per heavy atom. The first-order valence-corrected chi connectivity index (χ1v) is 9.03. The Balaban J connectivity index is 1.76. The van der Waals surface area contributed by atoms with Gasteiger partial charge in [-0.25, -0.2) is 4.79 Å². The second kappa shape index (κ2) is 6.83. The fourth-order valence-electron chi connectivity index (χ4n) is 3.88. The summed E-state index contributed by atoms with van der Waals surface area (Å²) in [6.07, 6.45) is 1.08. The zero-order valence-corrected chi connectivity index (χ0v) is 15.4. The number of nitrogens with one attached hydrogen (secondary N) is 2. The molecule has 4 rings (SSSR count). The molecule has 0 saturated heterocycles. The number of benzene rings is 2. The molecule has 1 unspecified atom stereocenters. The van der Waals surface area contributed by atoms with E-state index in [1.54, 1.807) is 0 Å². The number of H-pyrrole nitrogens is 1. The summed E-state index contributed by atoms with van der Waals surface area (Å²) in [5, 5.41) is 14.7. The van der Waals surface area contributed by atoms with Gasteiger partial charge in [0, 0.05) is 27.7 Å². The number of aromatic amines is 1. The number of carbonyl (C=O) groups excluding carboxylic acids is 1. The van der Waals surface area contributed by atoms with Gasteiger partial charge in [0.2, 0.25) is 0 Å². The number of carbonyl (C=O) groups is 1. The van der Waals surface area contributed by atoms with Crippen LogP contribution in [0.15, 0.2) is 59.9 Å². The summed E-state index contributed by atoms with van der Waals surface area (Å²) in [6.45, 7) is 1.52. The fourth-order valence-corrected chi connectivity index (χ4v) is 3.88. The maximum absolute atomic E-state index is 12.0. The van der Waals surface area contributed by atoms with Gasteiger partial charge in [-0.1, -0.05) is 36.4 Å². The van der Waals surface area contributed by atoms with E-state index < -0.39 is 5.97 Å². The number of aliphatic hydroxyl groups excluding tert-OH is 1. The van der Waals surface area contributed by atoms with E-state index in [-0.39, 0.29) is 11.8 Å².